The molecular formula is C23H15ClFN5O4S. The largest absolute Gasteiger partial charge is 0.496 e. The molecule has 0 saturated carbocycles. The lowest BCUT2D eigenvalue weighted by molar-refractivity contribution is 0.416. The molecule has 0 radical (unpaired) electrons. The molecule has 0 aliphatic carbocycles. The third-order valence-corrected chi connectivity index (χ3v) is 6.82. The summed E-state index contributed by atoms with van der Waals surface area (Å²) in [5, 5.41) is 4.39. The van der Waals surface area contributed by atoms with Gasteiger partial charge < -0.3 is 9.26 Å². The summed E-state index contributed by atoms with van der Waals surface area (Å²) >= 11 is 6.57. The zero-order valence-corrected chi connectivity index (χ0v) is 19.5. The van der Waals surface area contributed by atoms with E-state index < -0.39 is 10.0 Å². The molecule has 0 saturated heterocycles. The van der Waals surface area contributed by atoms with Crippen LogP contribution in [0.3, 0.4) is 0 Å². The summed E-state index contributed by atoms with van der Waals surface area (Å²) in [5.74, 6) is -0.127. The highest BCUT2D eigenvalue weighted by molar-refractivity contribution is 7.92. The molecule has 0 unspecified atom stereocenters. The number of fused-ring (bicyclic) bond motifs is 1. The van der Waals surface area contributed by atoms with E-state index in [9.17, 15) is 12.8 Å². The smallest absolute Gasteiger partial charge is 0.277 e. The van der Waals surface area contributed by atoms with E-state index in [1.165, 1.54) is 37.7 Å². The highest BCUT2D eigenvalue weighted by Crippen LogP contribution is 2.40. The minimum atomic E-state index is -3.98. The molecule has 2 aromatic heterocycles. The Morgan fingerprint density at radius 2 is 1.89 bits per heavy atom. The van der Waals surface area contributed by atoms with Gasteiger partial charge in [0.2, 0.25) is 6.39 Å². The van der Waals surface area contributed by atoms with Gasteiger partial charge in [-0.25, -0.2) is 27.5 Å². The van der Waals surface area contributed by atoms with Crippen molar-refractivity contribution < 1.29 is 22.1 Å². The maximum Gasteiger partial charge on any atom is 0.277 e. The Bertz CT molecular complexity index is 1660. The molecule has 0 aliphatic rings. The van der Waals surface area contributed by atoms with Gasteiger partial charge in [0.25, 0.3) is 16.0 Å². The summed E-state index contributed by atoms with van der Waals surface area (Å²) in [7, 11) is -2.48. The molecule has 3 aromatic carbocycles. The van der Waals surface area contributed by atoms with Gasteiger partial charge in [0, 0.05) is 21.5 Å². The predicted octanol–water partition coefficient (Wildman–Crippen LogP) is 4.95. The first-order valence-electron chi connectivity index (χ1n) is 10.0. The van der Waals surface area contributed by atoms with Crippen LogP contribution in [0.15, 0.2) is 76.7 Å². The van der Waals surface area contributed by atoms with Crippen LogP contribution in [0.1, 0.15) is 0 Å². The van der Waals surface area contributed by atoms with Crippen molar-refractivity contribution in [3.05, 3.63) is 78.2 Å². The Balaban J connectivity index is 1.60. The van der Waals surface area contributed by atoms with Crippen LogP contribution in [0.5, 0.6) is 5.75 Å². The number of benzene rings is 3. The van der Waals surface area contributed by atoms with E-state index in [0.717, 1.165) is 6.39 Å². The van der Waals surface area contributed by atoms with Crippen LogP contribution in [-0.2, 0) is 10.0 Å². The fraction of sp³-hybridized carbons (Fsp3) is 0.0435. The highest BCUT2D eigenvalue weighted by atomic mass is 35.5. The number of sulfonamides is 1. The van der Waals surface area contributed by atoms with E-state index in [1.54, 1.807) is 30.3 Å². The molecule has 0 atom stereocenters. The number of hydrogen-bond donors (Lipinski definition) is 1. The Morgan fingerprint density at radius 3 is 2.63 bits per heavy atom. The molecule has 5 aromatic rings. The molecule has 0 amide bonds. The van der Waals surface area contributed by atoms with Crippen LogP contribution >= 0.6 is 11.6 Å². The van der Waals surface area contributed by atoms with E-state index in [-0.39, 0.29) is 16.7 Å². The van der Waals surface area contributed by atoms with Crippen LogP contribution in [0.2, 0.25) is 5.02 Å². The summed E-state index contributed by atoms with van der Waals surface area (Å²) in [6.45, 7) is 0. The van der Waals surface area contributed by atoms with Crippen LogP contribution in [0.25, 0.3) is 33.3 Å². The van der Waals surface area contributed by atoms with E-state index in [0.29, 0.717) is 44.1 Å². The molecule has 176 valence electrons. The van der Waals surface area contributed by atoms with E-state index >= 15 is 0 Å². The standard InChI is InChI=1S/C23H15ClFN5O4S/c1-33-21-10-17(13-3-2-4-14(25)7-13)19(24)9-18(21)22-16-6-5-15(8-20(16)26-11-27-22)35(31,32)30-23-28-12-34-29-23/h2-12H,1H3,(H,29,30). The number of halogens is 2. The number of nitrogens with zero attached hydrogens (tertiary/aromatic N) is 4. The van der Waals surface area contributed by atoms with Gasteiger partial charge in [-0.3, -0.25) is 0 Å². The molecule has 35 heavy (non-hydrogen) atoms. The van der Waals surface area contributed by atoms with Crippen molar-refractivity contribution >= 4 is 38.5 Å². The Morgan fingerprint density at radius 1 is 1.03 bits per heavy atom. The summed E-state index contributed by atoms with van der Waals surface area (Å²) < 4.78 is 51.5. The first kappa shape index (κ1) is 22.7. The average molecular weight is 512 g/mol. The molecular weight excluding hydrogens is 497 g/mol. The molecule has 12 heteroatoms. The van der Waals surface area contributed by atoms with Crippen LogP contribution in [-0.4, -0.2) is 35.6 Å². The fourth-order valence-electron chi connectivity index (χ4n) is 3.60. The van der Waals surface area contributed by atoms with E-state index in [1.807, 2.05) is 0 Å². The molecule has 0 aliphatic heterocycles. The lowest BCUT2D eigenvalue weighted by Crippen LogP contribution is -2.14. The number of nitrogens with one attached hydrogen (secondary N) is 1. The van der Waals surface area contributed by atoms with Gasteiger partial charge >= 0.3 is 0 Å². The molecule has 0 spiro atoms. The third kappa shape index (κ3) is 4.38. The number of ether oxygens (including phenoxy) is 1. The van der Waals surface area contributed by atoms with Crippen molar-refractivity contribution in [2.75, 3.05) is 11.8 Å². The number of rotatable bonds is 6. The topological polar surface area (TPSA) is 120 Å². The quantitative estimate of drug-likeness (QED) is 0.340. The summed E-state index contributed by atoms with van der Waals surface area (Å²) in [5.41, 5.74) is 2.60. The Kier molecular flexibility index (Phi) is 5.79. The van der Waals surface area contributed by atoms with Crippen molar-refractivity contribution in [3.63, 3.8) is 0 Å². The molecule has 5 rings (SSSR count). The van der Waals surface area contributed by atoms with Crippen LogP contribution in [0.4, 0.5) is 10.3 Å². The lowest BCUT2D eigenvalue weighted by atomic mass is 9.99. The third-order valence-electron chi connectivity index (χ3n) is 5.19. The van der Waals surface area contributed by atoms with Crippen molar-refractivity contribution in [3.8, 4) is 28.1 Å². The molecule has 0 bridgehead atoms. The van der Waals surface area contributed by atoms with Crippen molar-refractivity contribution in [1.29, 1.82) is 0 Å². The molecule has 1 N–H and O–H groups in total. The predicted molar refractivity (Wildman–Crippen MR) is 127 cm³/mol. The van der Waals surface area contributed by atoms with E-state index in [2.05, 4.69) is 29.4 Å². The first-order valence-corrected chi connectivity index (χ1v) is 11.9. The van der Waals surface area contributed by atoms with Crippen molar-refractivity contribution in [1.82, 2.24) is 20.1 Å². The second kappa shape index (κ2) is 8.93. The summed E-state index contributed by atoms with van der Waals surface area (Å²) in [6.07, 6.45) is 2.32. The van der Waals surface area contributed by atoms with Gasteiger partial charge in [0.15, 0.2) is 0 Å². The lowest BCUT2D eigenvalue weighted by Gasteiger charge is -2.14. The zero-order valence-electron chi connectivity index (χ0n) is 17.9. The number of aromatic nitrogens is 4. The average Bonchev–Trinajstić information content (AvgIpc) is 3.35. The van der Waals surface area contributed by atoms with Crippen molar-refractivity contribution in [2.45, 2.75) is 4.90 Å². The van der Waals surface area contributed by atoms with Crippen LogP contribution < -0.4 is 9.46 Å². The monoisotopic (exact) mass is 511 g/mol. The maximum atomic E-state index is 13.8. The van der Waals surface area contributed by atoms with E-state index in [4.69, 9.17) is 16.3 Å². The second-order valence-electron chi connectivity index (χ2n) is 7.30. The molecule has 2 heterocycles. The Hall–Kier alpha value is -4.09. The minimum Gasteiger partial charge on any atom is -0.496 e. The minimum absolute atomic E-state index is 0.0501. The second-order valence-corrected chi connectivity index (χ2v) is 9.39. The van der Waals surface area contributed by atoms with Gasteiger partial charge in [-0.2, -0.15) is 4.98 Å². The van der Waals surface area contributed by atoms with Gasteiger partial charge in [0.1, 0.15) is 17.9 Å². The fourth-order valence-corrected chi connectivity index (χ4v) is 4.83. The van der Waals surface area contributed by atoms with Crippen LogP contribution in [0, 0.1) is 5.82 Å². The van der Waals surface area contributed by atoms with Gasteiger partial charge in [-0.05, 0) is 53.2 Å². The Labute approximate surface area is 203 Å². The van der Waals surface area contributed by atoms with Gasteiger partial charge in [0.05, 0.1) is 23.2 Å². The number of methoxy groups -OCH3 is 1. The zero-order chi connectivity index (χ0) is 24.6. The summed E-state index contributed by atoms with van der Waals surface area (Å²) in [4.78, 5) is 12.2. The first-order chi connectivity index (χ1) is 16.9. The highest BCUT2D eigenvalue weighted by Gasteiger charge is 2.20. The summed E-state index contributed by atoms with van der Waals surface area (Å²) in [6, 6.07) is 13.8. The maximum absolute atomic E-state index is 13.8. The number of hydrogen-bond acceptors (Lipinski definition) is 8. The van der Waals surface area contributed by atoms with Gasteiger partial charge in [-0.1, -0.05) is 23.7 Å². The molecule has 0 fully saturated rings. The number of anilines is 1. The normalized spacial score (nSPS) is 11.5. The van der Waals surface area contributed by atoms with Gasteiger partial charge in [-0.15, -0.1) is 0 Å². The van der Waals surface area contributed by atoms with Crippen molar-refractivity contribution in [2.24, 2.45) is 0 Å². The molecule has 9 nitrogen and oxygen atoms in total. The SMILES string of the molecule is COc1cc(-c2cccc(F)c2)c(Cl)cc1-c1ncnc2cc(S(=O)(=O)Nc3ncon3)ccc12.